The Hall–Kier alpha value is -0.120. The number of hydrogen-bond donors (Lipinski definition) is 1. The zero-order valence-electron chi connectivity index (χ0n) is 10.1. The minimum Gasteiger partial charge on any atom is -0.382 e. The monoisotopic (exact) mass is 203 g/mol. The maximum absolute atomic E-state index is 5.32. The van der Waals surface area contributed by atoms with Crippen LogP contribution in [0.5, 0.6) is 0 Å². The van der Waals surface area contributed by atoms with Gasteiger partial charge < -0.3 is 14.8 Å². The number of hydrogen-bond acceptors (Lipinski definition) is 3. The van der Waals surface area contributed by atoms with Gasteiger partial charge in [0, 0.05) is 13.7 Å². The third kappa shape index (κ3) is 11.9. The zero-order valence-corrected chi connectivity index (χ0v) is 10.1. The maximum Gasteiger partial charge on any atom is 0.0700 e. The predicted molar refractivity (Wildman–Crippen MR) is 59.6 cm³/mol. The first kappa shape index (κ1) is 13.9. The first-order chi connectivity index (χ1) is 6.56. The molecule has 0 spiro atoms. The molecule has 3 heteroatoms. The average molecular weight is 203 g/mol. The SMILES string of the molecule is COCCOCCNCCC(C)(C)C. The Balaban J connectivity index is 2.99. The molecule has 3 nitrogen and oxygen atoms in total. The van der Waals surface area contributed by atoms with E-state index >= 15 is 0 Å². The van der Waals surface area contributed by atoms with E-state index in [0.717, 1.165) is 19.7 Å². The Kier molecular flexibility index (Phi) is 8.14. The van der Waals surface area contributed by atoms with Crippen LogP contribution in [-0.2, 0) is 9.47 Å². The third-order valence-electron chi connectivity index (χ3n) is 1.91. The van der Waals surface area contributed by atoms with Crippen LogP contribution in [0, 0.1) is 5.41 Å². The molecule has 0 aromatic carbocycles. The van der Waals surface area contributed by atoms with E-state index < -0.39 is 0 Å². The van der Waals surface area contributed by atoms with Gasteiger partial charge in [0.1, 0.15) is 0 Å². The van der Waals surface area contributed by atoms with Crippen molar-refractivity contribution in [1.29, 1.82) is 0 Å². The maximum atomic E-state index is 5.32. The van der Waals surface area contributed by atoms with E-state index in [1.54, 1.807) is 7.11 Å². The summed E-state index contributed by atoms with van der Waals surface area (Å²) in [4.78, 5) is 0. The Morgan fingerprint density at radius 2 is 1.71 bits per heavy atom. The summed E-state index contributed by atoms with van der Waals surface area (Å²) in [7, 11) is 1.69. The van der Waals surface area contributed by atoms with Crippen molar-refractivity contribution in [2.24, 2.45) is 5.41 Å². The molecule has 14 heavy (non-hydrogen) atoms. The van der Waals surface area contributed by atoms with E-state index in [-0.39, 0.29) is 0 Å². The summed E-state index contributed by atoms with van der Waals surface area (Å²) in [6.45, 7) is 10.9. The molecule has 0 aromatic heterocycles. The van der Waals surface area contributed by atoms with Gasteiger partial charge in [-0.3, -0.25) is 0 Å². The van der Waals surface area contributed by atoms with Gasteiger partial charge in [-0.25, -0.2) is 0 Å². The third-order valence-corrected chi connectivity index (χ3v) is 1.91. The topological polar surface area (TPSA) is 30.5 Å². The minimum absolute atomic E-state index is 0.421. The minimum atomic E-state index is 0.421. The summed E-state index contributed by atoms with van der Waals surface area (Å²) in [5.74, 6) is 0. The highest BCUT2D eigenvalue weighted by molar-refractivity contribution is 4.62. The van der Waals surface area contributed by atoms with Gasteiger partial charge in [-0.2, -0.15) is 0 Å². The van der Waals surface area contributed by atoms with Gasteiger partial charge in [0.25, 0.3) is 0 Å². The van der Waals surface area contributed by atoms with Crippen molar-refractivity contribution >= 4 is 0 Å². The van der Waals surface area contributed by atoms with E-state index in [4.69, 9.17) is 9.47 Å². The van der Waals surface area contributed by atoms with Crippen LogP contribution in [0.4, 0.5) is 0 Å². The molecule has 0 amide bonds. The first-order valence-corrected chi connectivity index (χ1v) is 5.33. The summed E-state index contributed by atoms with van der Waals surface area (Å²) in [6, 6.07) is 0. The van der Waals surface area contributed by atoms with Crippen molar-refractivity contribution in [1.82, 2.24) is 5.32 Å². The second-order valence-corrected chi connectivity index (χ2v) is 4.67. The largest absolute Gasteiger partial charge is 0.382 e. The first-order valence-electron chi connectivity index (χ1n) is 5.33. The Morgan fingerprint density at radius 1 is 1.00 bits per heavy atom. The fraction of sp³-hybridized carbons (Fsp3) is 1.00. The van der Waals surface area contributed by atoms with Gasteiger partial charge in [0.05, 0.1) is 19.8 Å². The van der Waals surface area contributed by atoms with Gasteiger partial charge >= 0.3 is 0 Å². The molecule has 1 N–H and O–H groups in total. The van der Waals surface area contributed by atoms with Gasteiger partial charge in [0.2, 0.25) is 0 Å². The highest BCUT2D eigenvalue weighted by Gasteiger charge is 2.08. The summed E-state index contributed by atoms with van der Waals surface area (Å²) in [5, 5.41) is 3.35. The van der Waals surface area contributed by atoms with Crippen molar-refractivity contribution in [2.75, 3.05) is 40.0 Å². The van der Waals surface area contributed by atoms with Crippen LogP contribution >= 0.6 is 0 Å². The number of rotatable bonds is 8. The van der Waals surface area contributed by atoms with Crippen LogP contribution in [0.1, 0.15) is 27.2 Å². The molecule has 0 heterocycles. The summed E-state index contributed by atoms with van der Waals surface area (Å²) < 4.78 is 10.2. The molecule has 0 unspecified atom stereocenters. The van der Waals surface area contributed by atoms with E-state index in [0.29, 0.717) is 18.6 Å². The van der Waals surface area contributed by atoms with Gasteiger partial charge in [-0.15, -0.1) is 0 Å². The summed E-state index contributed by atoms with van der Waals surface area (Å²) in [5.41, 5.74) is 0.421. The molecule has 0 saturated carbocycles. The molecular formula is C11H25NO2. The van der Waals surface area contributed by atoms with Crippen LogP contribution in [0.3, 0.4) is 0 Å². The lowest BCUT2D eigenvalue weighted by molar-refractivity contribution is 0.0718. The van der Waals surface area contributed by atoms with Crippen molar-refractivity contribution in [3.05, 3.63) is 0 Å². The lowest BCUT2D eigenvalue weighted by Gasteiger charge is -2.17. The molecule has 0 rings (SSSR count). The molecule has 0 saturated heterocycles. The summed E-state index contributed by atoms with van der Waals surface area (Å²) >= 11 is 0. The normalized spacial score (nSPS) is 12.0. The molecule has 0 aromatic rings. The fourth-order valence-electron chi connectivity index (χ4n) is 0.977. The van der Waals surface area contributed by atoms with Gasteiger partial charge in [-0.1, -0.05) is 20.8 Å². The Labute approximate surface area is 88.2 Å². The van der Waals surface area contributed by atoms with Crippen LogP contribution in [0.25, 0.3) is 0 Å². The Bertz CT molecular complexity index is 121. The fourth-order valence-corrected chi connectivity index (χ4v) is 0.977. The van der Waals surface area contributed by atoms with Crippen LogP contribution < -0.4 is 5.32 Å². The molecule has 0 aliphatic rings. The second kappa shape index (κ2) is 8.21. The van der Waals surface area contributed by atoms with E-state index in [1.807, 2.05) is 0 Å². The molecular weight excluding hydrogens is 178 g/mol. The molecule has 0 radical (unpaired) electrons. The Morgan fingerprint density at radius 3 is 2.29 bits per heavy atom. The molecule has 0 aliphatic heterocycles. The molecule has 0 atom stereocenters. The van der Waals surface area contributed by atoms with Gasteiger partial charge in [0.15, 0.2) is 0 Å². The standard InChI is InChI=1S/C11H25NO2/c1-11(2,3)5-6-12-7-8-14-10-9-13-4/h12H,5-10H2,1-4H3. The molecule has 86 valence electrons. The van der Waals surface area contributed by atoms with Crippen LogP contribution in [0.15, 0.2) is 0 Å². The average Bonchev–Trinajstić information content (AvgIpc) is 2.08. The van der Waals surface area contributed by atoms with E-state index in [1.165, 1.54) is 6.42 Å². The lowest BCUT2D eigenvalue weighted by Crippen LogP contribution is -2.24. The van der Waals surface area contributed by atoms with E-state index in [2.05, 4.69) is 26.1 Å². The van der Waals surface area contributed by atoms with Crippen molar-refractivity contribution < 1.29 is 9.47 Å². The molecule has 0 fully saturated rings. The van der Waals surface area contributed by atoms with Crippen molar-refractivity contribution in [3.8, 4) is 0 Å². The summed E-state index contributed by atoms with van der Waals surface area (Å²) in [6.07, 6.45) is 1.20. The smallest absolute Gasteiger partial charge is 0.0700 e. The van der Waals surface area contributed by atoms with Crippen molar-refractivity contribution in [3.63, 3.8) is 0 Å². The van der Waals surface area contributed by atoms with E-state index in [9.17, 15) is 0 Å². The number of ether oxygens (including phenoxy) is 2. The number of methoxy groups -OCH3 is 1. The lowest BCUT2D eigenvalue weighted by atomic mass is 9.92. The van der Waals surface area contributed by atoms with Crippen LogP contribution in [0.2, 0.25) is 0 Å². The van der Waals surface area contributed by atoms with Crippen molar-refractivity contribution in [2.45, 2.75) is 27.2 Å². The highest BCUT2D eigenvalue weighted by atomic mass is 16.5. The molecule has 0 aliphatic carbocycles. The van der Waals surface area contributed by atoms with Crippen LogP contribution in [-0.4, -0.2) is 40.0 Å². The molecule has 0 bridgehead atoms. The zero-order chi connectivity index (χ0) is 10.9. The predicted octanol–water partition coefficient (Wildman–Crippen LogP) is 1.68. The highest BCUT2D eigenvalue weighted by Crippen LogP contribution is 2.16. The second-order valence-electron chi connectivity index (χ2n) is 4.67. The number of nitrogens with one attached hydrogen (secondary N) is 1. The quantitative estimate of drug-likeness (QED) is 0.609. The van der Waals surface area contributed by atoms with Gasteiger partial charge in [-0.05, 0) is 18.4 Å².